The summed E-state index contributed by atoms with van der Waals surface area (Å²) in [6.07, 6.45) is 1.63. The van der Waals surface area contributed by atoms with Gasteiger partial charge in [0.15, 0.2) is 11.6 Å². The summed E-state index contributed by atoms with van der Waals surface area (Å²) >= 11 is 0. The van der Waals surface area contributed by atoms with E-state index in [1.54, 1.807) is 31.3 Å². The van der Waals surface area contributed by atoms with Crippen LogP contribution in [0.2, 0.25) is 0 Å². The lowest BCUT2D eigenvalue weighted by atomic mass is 10.2. The van der Waals surface area contributed by atoms with E-state index in [2.05, 4.69) is 10.3 Å². The summed E-state index contributed by atoms with van der Waals surface area (Å²) in [4.78, 5) is 5.95. The summed E-state index contributed by atoms with van der Waals surface area (Å²) in [6.45, 7) is 1.06. The summed E-state index contributed by atoms with van der Waals surface area (Å²) in [6, 6.07) is 9.40. The van der Waals surface area contributed by atoms with Gasteiger partial charge in [-0.2, -0.15) is 0 Å². The zero-order valence-corrected chi connectivity index (χ0v) is 12.6. The first-order valence-corrected chi connectivity index (χ1v) is 6.77. The van der Waals surface area contributed by atoms with Crippen molar-refractivity contribution in [1.82, 2.24) is 10.3 Å². The summed E-state index contributed by atoms with van der Waals surface area (Å²) in [7, 11) is 5.26. The van der Waals surface area contributed by atoms with Crippen molar-refractivity contribution >= 4 is 5.82 Å². The Kier molecular flexibility index (Phi) is 5.11. The number of ether oxygens (including phenoxy) is 1. The van der Waals surface area contributed by atoms with Crippen molar-refractivity contribution in [1.29, 1.82) is 0 Å². The number of halogens is 1. The summed E-state index contributed by atoms with van der Waals surface area (Å²) in [5.74, 6) is 0.892. The fourth-order valence-corrected chi connectivity index (χ4v) is 2.14. The van der Waals surface area contributed by atoms with Gasteiger partial charge in [0.2, 0.25) is 0 Å². The fraction of sp³-hybridized carbons (Fsp3) is 0.312. The molecule has 0 unspecified atom stereocenters. The first-order valence-electron chi connectivity index (χ1n) is 6.77. The van der Waals surface area contributed by atoms with E-state index in [9.17, 15) is 4.39 Å². The van der Waals surface area contributed by atoms with Gasteiger partial charge in [-0.25, -0.2) is 9.37 Å². The van der Waals surface area contributed by atoms with E-state index in [-0.39, 0.29) is 5.82 Å². The van der Waals surface area contributed by atoms with Crippen LogP contribution < -0.4 is 15.0 Å². The zero-order valence-electron chi connectivity index (χ0n) is 12.6. The molecule has 0 saturated carbocycles. The van der Waals surface area contributed by atoms with Crippen LogP contribution in [-0.4, -0.2) is 26.2 Å². The minimum atomic E-state index is -0.275. The second kappa shape index (κ2) is 7.04. The normalized spacial score (nSPS) is 10.5. The molecular formula is C16H20FN3O. The van der Waals surface area contributed by atoms with Crippen LogP contribution in [0.3, 0.4) is 0 Å². The fourth-order valence-electron chi connectivity index (χ4n) is 2.14. The SMILES string of the molecule is CNCc1ccnc(N(C)Cc2ccc(OC)cc2)c1F. The van der Waals surface area contributed by atoms with Crippen LogP contribution in [0.4, 0.5) is 10.2 Å². The van der Waals surface area contributed by atoms with Gasteiger partial charge >= 0.3 is 0 Å². The number of aromatic nitrogens is 1. The third-order valence-corrected chi connectivity index (χ3v) is 3.26. The molecule has 1 aromatic heterocycles. The molecule has 1 aromatic carbocycles. The van der Waals surface area contributed by atoms with Crippen molar-refractivity contribution in [2.45, 2.75) is 13.1 Å². The van der Waals surface area contributed by atoms with E-state index in [1.165, 1.54) is 0 Å². The van der Waals surface area contributed by atoms with Gasteiger partial charge in [-0.1, -0.05) is 12.1 Å². The molecule has 0 amide bonds. The van der Waals surface area contributed by atoms with E-state index in [0.717, 1.165) is 11.3 Å². The molecule has 21 heavy (non-hydrogen) atoms. The molecule has 1 heterocycles. The number of hydrogen-bond donors (Lipinski definition) is 1. The minimum Gasteiger partial charge on any atom is -0.497 e. The molecule has 0 saturated heterocycles. The highest BCUT2D eigenvalue weighted by atomic mass is 19.1. The van der Waals surface area contributed by atoms with Gasteiger partial charge in [0, 0.05) is 31.9 Å². The molecule has 0 radical (unpaired) electrons. The maximum absolute atomic E-state index is 14.4. The van der Waals surface area contributed by atoms with Crippen molar-refractivity contribution in [2.24, 2.45) is 0 Å². The molecule has 4 nitrogen and oxygen atoms in total. The zero-order chi connectivity index (χ0) is 15.2. The predicted molar refractivity (Wildman–Crippen MR) is 82.1 cm³/mol. The minimum absolute atomic E-state index is 0.275. The Labute approximate surface area is 124 Å². The van der Waals surface area contributed by atoms with Gasteiger partial charge in [0.1, 0.15) is 5.75 Å². The third kappa shape index (κ3) is 3.70. The van der Waals surface area contributed by atoms with Gasteiger partial charge in [-0.3, -0.25) is 0 Å². The second-order valence-corrected chi connectivity index (χ2v) is 4.84. The molecule has 2 rings (SSSR count). The van der Waals surface area contributed by atoms with E-state index in [0.29, 0.717) is 24.5 Å². The highest BCUT2D eigenvalue weighted by molar-refractivity contribution is 5.43. The van der Waals surface area contributed by atoms with Gasteiger partial charge in [0.25, 0.3) is 0 Å². The quantitative estimate of drug-likeness (QED) is 0.887. The number of anilines is 1. The third-order valence-electron chi connectivity index (χ3n) is 3.26. The lowest BCUT2D eigenvalue weighted by molar-refractivity contribution is 0.414. The predicted octanol–water partition coefficient (Wildman–Crippen LogP) is 2.59. The number of hydrogen-bond acceptors (Lipinski definition) is 4. The van der Waals surface area contributed by atoms with Gasteiger partial charge in [-0.15, -0.1) is 0 Å². The van der Waals surface area contributed by atoms with E-state index >= 15 is 0 Å². The molecule has 0 spiro atoms. The Morgan fingerprint density at radius 3 is 2.57 bits per heavy atom. The van der Waals surface area contributed by atoms with Crippen molar-refractivity contribution in [2.75, 3.05) is 26.1 Å². The Balaban J connectivity index is 2.15. The molecule has 0 aliphatic rings. The number of nitrogens with one attached hydrogen (secondary N) is 1. The maximum Gasteiger partial charge on any atom is 0.170 e. The molecule has 0 aliphatic heterocycles. The molecule has 0 bridgehead atoms. The largest absolute Gasteiger partial charge is 0.497 e. The monoisotopic (exact) mass is 289 g/mol. The van der Waals surface area contributed by atoms with Crippen LogP contribution in [0, 0.1) is 5.82 Å². The van der Waals surface area contributed by atoms with Gasteiger partial charge in [0.05, 0.1) is 7.11 Å². The number of benzene rings is 1. The lowest BCUT2D eigenvalue weighted by Gasteiger charge is -2.20. The molecule has 2 aromatic rings. The average Bonchev–Trinajstić information content (AvgIpc) is 2.50. The molecule has 112 valence electrons. The van der Waals surface area contributed by atoms with Crippen LogP contribution in [0.15, 0.2) is 36.5 Å². The van der Waals surface area contributed by atoms with Crippen molar-refractivity contribution in [3.05, 3.63) is 53.5 Å². The maximum atomic E-state index is 14.4. The number of pyridine rings is 1. The highest BCUT2D eigenvalue weighted by Gasteiger charge is 2.13. The summed E-state index contributed by atoms with van der Waals surface area (Å²) in [5, 5.41) is 2.95. The van der Waals surface area contributed by atoms with Crippen molar-refractivity contribution in [3.63, 3.8) is 0 Å². The Hall–Kier alpha value is -2.14. The standard InChI is InChI=1S/C16H20FN3O/c1-18-10-13-8-9-19-16(15(13)17)20(2)11-12-4-6-14(21-3)7-5-12/h4-9,18H,10-11H2,1-3H3. The second-order valence-electron chi connectivity index (χ2n) is 4.84. The smallest absolute Gasteiger partial charge is 0.170 e. The van der Waals surface area contributed by atoms with E-state index in [4.69, 9.17) is 4.74 Å². The van der Waals surface area contributed by atoms with Gasteiger partial charge in [-0.05, 0) is 30.8 Å². The Morgan fingerprint density at radius 2 is 1.95 bits per heavy atom. The van der Waals surface area contributed by atoms with Gasteiger partial charge < -0.3 is 15.0 Å². The molecular weight excluding hydrogens is 269 g/mol. The molecule has 0 aliphatic carbocycles. The average molecular weight is 289 g/mol. The number of methoxy groups -OCH3 is 1. The first-order chi connectivity index (χ1) is 10.2. The first kappa shape index (κ1) is 15.3. The van der Waals surface area contributed by atoms with Crippen molar-refractivity contribution in [3.8, 4) is 5.75 Å². The number of nitrogens with zero attached hydrogens (tertiary/aromatic N) is 2. The van der Waals surface area contributed by atoms with Crippen LogP contribution in [-0.2, 0) is 13.1 Å². The van der Waals surface area contributed by atoms with Crippen LogP contribution in [0.25, 0.3) is 0 Å². The van der Waals surface area contributed by atoms with E-state index < -0.39 is 0 Å². The molecule has 5 heteroatoms. The van der Waals surface area contributed by atoms with Crippen molar-refractivity contribution < 1.29 is 9.13 Å². The highest BCUT2D eigenvalue weighted by Crippen LogP contribution is 2.21. The molecule has 1 N–H and O–H groups in total. The molecule has 0 fully saturated rings. The topological polar surface area (TPSA) is 37.4 Å². The van der Waals surface area contributed by atoms with E-state index in [1.807, 2.05) is 31.3 Å². The number of rotatable bonds is 6. The Bertz CT molecular complexity index is 587. The summed E-state index contributed by atoms with van der Waals surface area (Å²) < 4.78 is 19.5. The van der Waals surface area contributed by atoms with Crippen LogP contribution >= 0.6 is 0 Å². The Morgan fingerprint density at radius 1 is 1.24 bits per heavy atom. The van der Waals surface area contributed by atoms with Crippen LogP contribution in [0.5, 0.6) is 5.75 Å². The van der Waals surface area contributed by atoms with Crippen LogP contribution in [0.1, 0.15) is 11.1 Å². The molecule has 0 atom stereocenters. The summed E-state index contributed by atoms with van der Waals surface area (Å²) in [5.41, 5.74) is 1.68. The lowest BCUT2D eigenvalue weighted by Crippen LogP contribution is -2.20.